The van der Waals surface area contributed by atoms with E-state index >= 15 is 0 Å². The Labute approximate surface area is 132 Å². The van der Waals surface area contributed by atoms with E-state index in [1.807, 2.05) is 6.07 Å². The Bertz CT molecular complexity index is 550. The van der Waals surface area contributed by atoms with Crippen molar-refractivity contribution in [3.8, 4) is 0 Å². The SMILES string of the molecule is CC(=O)N(C)C([C@H]1CC[C@@H](c2cccc(Cl)c2)N1)C(F)(F)F. The Hall–Kier alpha value is -1.27. The number of rotatable bonds is 3. The van der Waals surface area contributed by atoms with E-state index in [1.54, 1.807) is 18.2 Å². The van der Waals surface area contributed by atoms with E-state index in [2.05, 4.69) is 5.32 Å². The summed E-state index contributed by atoms with van der Waals surface area (Å²) in [7, 11) is 1.19. The number of nitrogens with one attached hydrogen (secondary N) is 1. The third-order valence-electron chi connectivity index (χ3n) is 4.06. The van der Waals surface area contributed by atoms with Gasteiger partial charge in [-0.2, -0.15) is 13.2 Å². The molecular weight excluding hydrogens is 317 g/mol. The van der Waals surface area contributed by atoms with Gasteiger partial charge in [-0.1, -0.05) is 23.7 Å². The summed E-state index contributed by atoms with van der Waals surface area (Å²) in [6.45, 7) is 1.14. The molecule has 22 heavy (non-hydrogen) atoms. The Morgan fingerprint density at radius 3 is 2.64 bits per heavy atom. The normalized spacial score (nSPS) is 23.4. The Balaban J connectivity index is 2.17. The molecule has 3 nitrogen and oxygen atoms in total. The van der Waals surface area contributed by atoms with E-state index in [4.69, 9.17) is 11.6 Å². The van der Waals surface area contributed by atoms with Gasteiger partial charge in [0.25, 0.3) is 0 Å². The Morgan fingerprint density at radius 2 is 2.09 bits per heavy atom. The van der Waals surface area contributed by atoms with Crippen molar-refractivity contribution in [2.24, 2.45) is 0 Å². The van der Waals surface area contributed by atoms with Crippen LogP contribution in [0, 0.1) is 0 Å². The first-order chi connectivity index (χ1) is 10.2. The predicted octanol–water partition coefficient (Wildman–Crippen LogP) is 3.54. The van der Waals surface area contributed by atoms with E-state index in [1.165, 1.54) is 7.05 Å². The summed E-state index contributed by atoms with van der Waals surface area (Å²) >= 11 is 5.93. The van der Waals surface area contributed by atoms with E-state index in [0.717, 1.165) is 17.4 Å². The standard InChI is InChI=1S/C15H18ClF3N2O/c1-9(22)21(2)14(15(17,18)19)13-7-6-12(20-13)10-4-3-5-11(16)8-10/h3-5,8,12-14,20H,6-7H2,1-2H3/t12-,13+,14?/m0/s1. The van der Waals surface area contributed by atoms with E-state index in [-0.39, 0.29) is 6.04 Å². The molecular formula is C15H18ClF3N2O. The number of alkyl halides is 3. The van der Waals surface area contributed by atoms with Gasteiger partial charge >= 0.3 is 6.18 Å². The van der Waals surface area contributed by atoms with Gasteiger partial charge in [0.05, 0.1) is 0 Å². The molecule has 122 valence electrons. The lowest BCUT2D eigenvalue weighted by atomic mass is 10.0. The maximum Gasteiger partial charge on any atom is 0.410 e. The molecule has 1 fully saturated rings. The van der Waals surface area contributed by atoms with Crippen molar-refractivity contribution in [3.63, 3.8) is 0 Å². The number of hydrogen-bond acceptors (Lipinski definition) is 2. The first kappa shape index (κ1) is 17.1. The molecule has 1 amide bonds. The van der Waals surface area contributed by atoms with Crippen molar-refractivity contribution >= 4 is 17.5 Å². The zero-order valence-corrected chi connectivity index (χ0v) is 13.1. The lowest BCUT2D eigenvalue weighted by Gasteiger charge is -2.34. The second-order valence-electron chi connectivity index (χ2n) is 5.57. The molecule has 0 radical (unpaired) electrons. The number of hydrogen-bond donors (Lipinski definition) is 1. The van der Waals surface area contributed by atoms with E-state index in [0.29, 0.717) is 17.9 Å². The van der Waals surface area contributed by atoms with Gasteiger partial charge in [-0.05, 0) is 30.5 Å². The first-order valence-electron chi connectivity index (χ1n) is 7.01. The average molecular weight is 335 g/mol. The second-order valence-corrected chi connectivity index (χ2v) is 6.01. The van der Waals surface area contributed by atoms with Crippen LogP contribution in [0.5, 0.6) is 0 Å². The van der Waals surface area contributed by atoms with Crippen LogP contribution in [-0.2, 0) is 4.79 Å². The summed E-state index contributed by atoms with van der Waals surface area (Å²) in [4.78, 5) is 12.1. The van der Waals surface area contributed by atoms with E-state index < -0.39 is 24.2 Å². The topological polar surface area (TPSA) is 32.3 Å². The largest absolute Gasteiger partial charge is 0.410 e. The van der Waals surface area contributed by atoms with Crippen LogP contribution in [0.2, 0.25) is 5.02 Å². The molecule has 1 aromatic rings. The minimum absolute atomic E-state index is 0.186. The van der Waals surface area contributed by atoms with Gasteiger partial charge in [0.1, 0.15) is 6.04 Å². The predicted molar refractivity (Wildman–Crippen MR) is 78.6 cm³/mol. The summed E-state index contributed by atoms with van der Waals surface area (Å²) in [6.07, 6.45) is -3.55. The quantitative estimate of drug-likeness (QED) is 0.917. The third-order valence-corrected chi connectivity index (χ3v) is 4.30. The van der Waals surface area contributed by atoms with E-state index in [9.17, 15) is 18.0 Å². The van der Waals surface area contributed by atoms with Crippen molar-refractivity contribution < 1.29 is 18.0 Å². The molecule has 0 bridgehead atoms. The van der Waals surface area contributed by atoms with Crippen LogP contribution in [0.15, 0.2) is 24.3 Å². The summed E-state index contributed by atoms with van der Waals surface area (Å²) < 4.78 is 40.0. The molecule has 1 aliphatic heterocycles. The zero-order valence-electron chi connectivity index (χ0n) is 12.3. The first-order valence-corrected chi connectivity index (χ1v) is 7.39. The fourth-order valence-corrected chi connectivity index (χ4v) is 3.12. The van der Waals surface area contributed by atoms with Gasteiger partial charge < -0.3 is 10.2 Å². The number of halogens is 4. The monoisotopic (exact) mass is 334 g/mol. The molecule has 1 saturated heterocycles. The van der Waals surface area contributed by atoms with Crippen LogP contribution in [0.4, 0.5) is 13.2 Å². The summed E-state index contributed by atoms with van der Waals surface area (Å²) in [5, 5.41) is 3.56. The number of benzene rings is 1. The minimum atomic E-state index is -4.47. The van der Waals surface area contributed by atoms with Crippen molar-refractivity contribution in [1.29, 1.82) is 0 Å². The smallest absolute Gasteiger partial charge is 0.332 e. The summed E-state index contributed by atoms with van der Waals surface area (Å²) in [5.41, 5.74) is 0.862. The Kier molecular flexibility index (Phi) is 5.02. The summed E-state index contributed by atoms with van der Waals surface area (Å²) in [6, 6.07) is 4.25. The van der Waals surface area contributed by atoms with Crippen LogP contribution in [0.25, 0.3) is 0 Å². The van der Waals surface area contributed by atoms with Crippen LogP contribution in [0.1, 0.15) is 31.4 Å². The van der Waals surface area contributed by atoms with Crippen molar-refractivity contribution in [3.05, 3.63) is 34.9 Å². The van der Waals surface area contributed by atoms with Gasteiger partial charge in [0, 0.05) is 31.1 Å². The van der Waals surface area contributed by atoms with Gasteiger partial charge in [-0.3, -0.25) is 4.79 Å². The zero-order chi connectivity index (χ0) is 16.5. The number of carbonyl (C=O) groups is 1. The molecule has 1 aromatic carbocycles. The van der Waals surface area contributed by atoms with Crippen LogP contribution >= 0.6 is 11.6 Å². The molecule has 1 aliphatic rings. The van der Waals surface area contributed by atoms with Gasteiger partial charge in [-0.15, -0.1) is 0 Å². The average Bonchev–Trinajstić information content (AvgIpc) is 2.86. The lowest BCUT2D eigenvalue weighted by molar-refractivity contribution is -0.191. The maximum atomic E-state index is 13.3. The minimum Gasteiger partial charge on any atom is -0.332 e. The highest BCUT2D eigenvalue weighted by molar-refractivity contribution is 6.30. The van der Waals surface area contributed by atoms with Crippen molar-refractivity contribution in [2.45, 2.75) is 44.1 Å². The molecule has 1 heterocycles. The maximum absolute atomic E-state index is 13.3. The molecule has 7 heteroatoms. The molecule has 1 N–H and O–H groups in total. The van der Waals surface area contributed by atoms with Crippen LogP contribution in [0.3, 0.4) is 0 Å². The van der Waals surface area contributed by atoms with Crippen molar-refractivity contribution in [2.75, 3.05) is 7.05 Å². The van der Waals surface area contributed by atoms with Gasteiger partial charge in [0.15, 0.2) is 0 Å². The fraction of sp³-hybridized carbons (Fsp3) is 0.533. The molecule has 1 unspecified atom stereocenters. The second kappa shape index (κ2) is 6.46. The molecule has 2 rings (SSSR count). The lowest BCUT2D eigenvalue weighted by Crippen LogP contribution is -2.56. The highest BCUT2D eigenvalue weighted by Crippen LogP contribution is 2.35. The van der Waals surface area contributed by atoms with Crippen LogP contribution < -0.4 is 5.32 Å². The Morgan fingerprint density at radius 1 is 1.41 bits per heavy atom. The number of amides is 1. The number of likely N-dealkylation sites (N-methyl/N-ethyl adjacent to an activating group) is 1. The highest BCUT2D eigenvalue weighted by Gasteiger charge is 2.50. The third kappa shape index (κ3) is 3.73. The molecule has 3 atom stereocenters. The molecule has 0 aromatic heterocycles. The molecule has 0 aliphatic carbocycles. The fourth-order valence-electron chi connectivity index (χ4n) is 2.92. The van der Waals surface area contributed by atoms with Crippen LogP contribution in [-0.4, -0.2) is 36.1 Å². The summed E-state index contributed by atoms with van der Waals surface area (Å²) in [5.74, 6) is -0.602. The van der Waals surface area contributed by atoms with Crippen molar-refractivity contribution in [1.82, 2.24) is 10.2 Å². The molecule has 0 spiro atoms. The number of carbonyl (C=O) groups excluding carboxylic acids is 1. The van der Waals surface area contributed by atoms with Gasteiger partial charge in [-0.25, -0.2) is 0 Å². The van der Waals surface area contributed by atoms with Gasteiger partial charge in [0.2, 0.25) is 5.91 Å². The number of nitrogens with zero attached hydrogens (tertiary/aromatic N) is 1. The highest BCUT2D eigenvalue weighted by atomic mass is 35.5. The molecule has 0 saturated carbocycles.